The minimum atomic E-state index is -4.32. The maximum absolute atomic E-state index is 13.0. The second-order valence-electron chi connectivity index (χ2n) is 22.8. The number of likely N-dealkylation sites (N-methyl/N-ethyl adjacent to an activating group) is 1. The van der Waals surface area contributed by atoms with Crippen molar-refractivity contribution >= 4 is 13.7 Å². The number of phosphoric acid groups is 1. The van der Waals surface area contributed by atoms with Gasteiger partial charge >= 0.3 is 7.82 Å². The van der Waals surface area contributed by atoms with E-state index in [0.29, 0.717) is 23.9 Å². The summed E-state index contributed by atoms with van der Waals surface area (Å²) in [6, 6.07) is -0.755. The first-order valence-corrected chi connectivity index (χ1v) is 32.4. The highest BCUT2D eigenvalue weighted by Gasteiger charge is 2.28. The third kappa shape index (κ3) is 55.1. The standard InChI is InChI=1S/C60H123N2O6P/c1-6-8-10-12-14-16-18-20-22-24-26-28-29-30-31-32-34-35-37-39-41-43-45-47-49-51-53-59(63)58(57-68-69(65,66)67-56-55-62(3,4)5)61-60(64)54-52-50-48-46-44-42-40-38-36-33-27-25-23-21-19-17-15-13-11-9-7-2/h58-59,63H,6-57H2,1-5H3,(H-,61,64,65,66)/p+1. The Hall–Kier alpha value is -0.500. The van der Waals surface area contributed by atoms with Crippen LogP contribution in [0.3, 0.4) is 0 Å². The third-order valence-electron chi connectivity index (χ3n) is 14.6. The van der Waals surface area contributed by atoms with Crippen molar-refractivity contribution in [1.82, 2.24) is 5.32 Å². The number of unbranched alkanes of at least 4 members (excludes halogenated alkanes) is 45. The van der Waals surface area contributed by atoms with Crippen molar-refractivity contribution in [2.45, 2.75) is 341 Å². The van der Waals surface area contributed by atoms with Crippen LogP contribution in [0.1, 0.15) is 328 Å². The van der Waals surface area contributed by atoms with Crippen molar-refractivity contribution in [3.05, 3.63) is 0 Å². The van der Waals surface area contributed by atoms with Gasteiger partial charge in [-0.1, -0.05) is 309 Å². The number of quaternary nitrogens is 1. The highest BCUT2D eigenvalue weighted by Crippen LogP contribution is 2.43. The summed E-state index contributed by atoms with van der Waals surface area (Å²) in [6.07, 6.45) is 63.1. The molecule has 0 aromatic heterocycles. The number of amides is 1. The molecular weight excluding hydrogens is 876 g/mol. The summed E-state index contributed by atoms with van der Waals surface area (Å²) in [5.74, 6) is -0.135. The van der Waals surface area contributed by atoms with Gasteiger partial charge < -0.3 is 19.8 Å². The molecule has 0 aliphatic carbocycles. The Morgan fingerprint density at radius 2 is 0.696 bits per heavy atom. The molecule has 0 radical (unpaired) electrons. The molecule has 0 aromatic carbocycles. The molecule has 9 heteroatoms. The number of rotatable bonds is 58. The van der Waals surface area contributed by atoms with Gasteiger partial charge in [-0.3, -0.25) is 13.8 Å². The lowest BCUT2D eigenvalue weighted by Gasteiger charge is -2.26. The van der Waals surface area contributed by atoms with Crippen LogP contribution in [-0.2, 0) is 18.4 Å². The summed E-state index contributed by atoms with van der Waals surface area (Å²) < 4.78 is 23.8. The molecule has 0 heterocycles. The fraction of sp³-hybridized carbons (Fsp3) is 0.983. The zero-order valence-corrected chi connectivity index (χ0v) is 48.2. The van der Waals surface area contributed by atoms with E-state index < -0.39 is 20.0 Å². The van der Waals surface area contributed by atoms with Gasteiger partial charge in [0.05, 0.1) is 39.9 Å². The smallest absolute Gasteiger partial charge is 0.391 e. The molecule has 3 N–H and O–H groups in total. The summed E-state index contributed by atoms with van der Waals surface area (Å²) in [7, 11) is 1.64. The molecule has 414 valence electrons. The first kappa shape index (κ1) is 68.5. The minimum Gasteiger partial charge on any atom is -0.391 e. The second kappa shape index (κ2) is 52.4. The van der Waals surface area contributed by atoms with Crippen molar-refractivity contribution in [2.24, 2.45) is 0 Å². The molecule has 0 aliphatic rings. The van der Waals surface area contributed by atoms with Crippen LogP contribution in [0.5, 0.6) is 0 Å². The zero-order valence-electron chi connectivity index (χ0n) is 47.3. The number of hydrogen-bond donors (Lipinski definition) is 3. The molecule has 0 bridgehead atoms. The van der Waals surface area contributed by atoms with Gasteiger partial charge in [0.15, 0.2) is 0 Å². The Balaban J connectivity index is 4.08. The molecule has 8 nitrogen and oxygen atoms in total. The molecule has 0 saturated carbocycles. The molecule has 3 atom stereocenters. The first-order valence-electron chi connectivity index (χ1n) is 30.9. The highest BCUT2D eigenvalue weighted by atomic mass is 31.2. The van der Waals surface area contributed by atoms with E-state index in [1.807, 2.05) is 21.1 Å². The van der Waals surface area contributed by atoms with Gasteiger partial charge in [0.2, 0.25) is 5.91 Å². The predicted molar refractivity (Wildman–Crippen MR) is 300 cm³/mol. The third-order valence-corrected chi connectivity index (χ3v) is 15.6. The van der Waals surface area contributed by atoms with Crippen LogP contribution in [0.15, 0.2) is 0 Å². The molecule has 0 aromatic rings. The van der Waals surface area contributed by atoms with Crippen molar-refractivity contribution in [2.75, 3.05) is 40.9 Å². The number of carbonyl (C=O) groups is 1. The van der Waals surface area contributed by atoms with Gasteiger partial charge in [-0.2, -0.15) is 0 Å². The van der Waals surface area contributed by atoms with E-state index in [1.165, 1.54) is 263 Å². The monoisotopic (exact) mass is 1000 g/mol. The average molecular weight is 1000 g/mol. The van der Waals surface area contributed by atoms with Gasteiger partial charge in [0.1, 0.15) is 13.2 Å². The van der Waals surface area contributed by atoms with Gasteiger partial charge in [0.25, 0.3) is 0 Å². The molecule has 0 fully saturated rings. The molecule has 3 unspecified atom stereocenters. The molecule has 1 amide bonds. The first-order chi connectivity index (χ1) is 33.5. The zero-order chi connectivity index (χ0) is 50.6. The van der Waals surface area contributed by atoms with E-state index in [0.717, 1.165) is 38.5 Å². The molecular formula is C60H124N2O6P+. The summed E-state index contributed by atoms with van der Waals surface area (Å²) in [5.41, 5.74) is 0. The Bertz CT molecular complexity index is 1090. The predicted octanol–water partition coefficient (Wildman–Crippen LogP) is 18.8. The molecule has 0 rings (SSSR count). The second-order valence-corrected chi connectivity index (χ2v) is 24.3. The maximum Gasteiger partial charge on any atom is 0.472 e. The summed E-state index contributed by atoms with van der Waals surface area (Å²) in [4.78, 5) is 23.4. The van der Waals surface area contributed by atoms with Crippen LogP contribution < -0.4 is 5.32 Å². The molecule has 69 heavy (non-hydrogen) atoms. The number of aliphatic hydroxyl groups excluding tert-OH is 1. The van der Waals surface area contributed by atoms with Gasteiger partial charge in [-0.15, -0.1) is 0 Å². The van der Waals surface area contributed by atoms with Gasteiger partial charge in [-0.25, -0.2) is 4.57 Å². The number of phosphoric ester groups is 1. The number of nitrogens with one attached hydrogen (secondary N) is 1. The molecule has 0 aliphatic heterocycles. The number of carbonyl (C=O) groups excluding carboxylic acids is 1. The summed E-state index contributed by atoms with van der Waals surface area (Å²) in [6.45, 7) is 4.96. The quantitative estimate of drug-likeness (QED) is 0.0318. The van der Waals surface area contributed by atoms with Crippen LogP contribution >= 0.6 is 7.82 Å². The van der Waals surface area contributed by atoms with Crippen LogP contribution in [0.2, 0.25) is 0 Å². The lowest BCUT2D eigenvalue weighted by molar-refractivity contribution is -0.870. The fourth-order valence-electron chi connectivity index (χ4n) is 9.76. The topological polar surface area (TPSA) is 105 Å². The Morgan fingerprint density at radius 3 is 0.971 bits per heavy atom. The van der Waals surface area contributed by atoms with E-state index in [2.05, 4.69) is 19.2 Å². The normalized spacial score (nSPS) is 13.8. The van der Waals surface area contributed by atoms with Crippen LogP contribution in [0.4, 0.5) is 0 Å². The number of nitrogens with zero attached hydrogens (tertiary/aromatic N) is 1. The Morgan fingerprint density at radius 1 is 0.435 bits per heavy atom. The number of aliphatic hydroxyl groups is 1. The van der Waals surface area contributed by atoms with E-state index in [9.17, 15) is 19.4 Å². The van der Waals surface area contributed by atoms with Gasteiger partial charge in [-0.05, 0) is 12.8 Å². The van der Waals surface area contributed by atoms with Crippen molar-refractivity contribution < 1.29 is 32.9 Å². The van der Waals surface area contributed by atoms with E-state index in [1.54, 1.807) is 0 Å². The van der Waals surface area contributed by atoms with Crippen LogP contribution in [0, 0.1) is 0 Å². The Labute approximate surface area is 431 Å². The van der Waals surface area contributed by atoms with Gasteiger partial charge in [0, 0.05) is 6.42 Å². The van der Waals surface area contributed by atoms with Crippen LogP contribution in [0.25, 0.3) is 0 Å². The lowest BCUT2D eigenvalue weighted by Crippen LogP contribution is -2.46. The fourth-order valence-corrected chi connectivity index (χ4v) is 10.5. The van der Waals surface area contributed by atoms with E-state index in [4.69, 9.17) is 9.05 Å². The molecule has 0 saturated heterocycles. The lowest BCUT2D eigenvalue weighted by atomic mass is 10.0. The average Bonchev–Trinajstić information content (AvgIpc) is 3.31. The summed E-state index contributed by atoms with van der Waals surface area (Å²) in [5, 5.41) is 14.1. The van der Waals surface area contributed by atoms with Crippen molar-refractivity contribution in [3.8, 4) is 0 Å². The summed E-state index contributed by atoms with van der Waals surface area (Å²) >= 11 is 0. The van der Waals surface area contributed by atoms with Crippen molar-refractivity contribution in [1.29, 1.82) is 0 Å². The van der Waals surface area contributed by atoms with E-state index in [-0.39, 0.29) is 19.1 Å². The highest BCUT2D eigenvalue weighted by molar-refractivity contribution is 7.47. The maximum atomic E-state index is 13.0. The largest absolute Gasteiger partial charge is 0.472 e. The Kier molecular flexibility index (Phi) is 52.0. The number of hydrogen-bond acceptors (Lipinski definition) is 5. The molecule has 0 spiro atoms. The minimum absolute atomic E-state index is 0.0793. The van der Waals surface area contributed by atoms with Crippen molar-refractivity contribution in [3.63, 3.8) is 0 Å². The SMILES string of the molecule is CCCCCCCCCCCCCCCCCCCCCCCCCCCCC(O)C(COP(=O)(O)OCC[N+](C)(C)C)NC(=O)CCCCCCCCCCCCCCCCCCCCCCC. The van der Waals surface area contributed by atoms with Crippen LogP contribution in [-0.4, -0.2) is 73.4 Å². The van der Waals surface area contributed by atoms with E-state index >= 15 is 0 Å².